The molecule has 0 aromatic heterocycles. The van der Waals surface area contributed by atoms with Crippen LogP contribution < -0.4 is 10.7 Å². The van der Waals surface area contributed by atoms with Gasteiger partial charge in [0.15, 0.2) is 5.11 Å². The minimum Gasteiger partial charge on any atom is -0.326 e. The molecule has 22 heavy (non-hydrogen) atoms. The highest BCUT2D eigenvalue weighted by Gasteiger charge is 2.12. The first-order chi connectivity index (χ1) is 10.6. The van der Waals surface area contributed by atoms with Crippen LogP contribution in [-0.4, -0.2) is 16.3 Å². The minimum absolute atomic E-state index is 0.0644. The van der Waals surface area contributed by atoms with E-state index >= 15 is 0 Å². The number of hydrazone groups is 1. The molecule has 6 nitrogen and oxygen atoms in total. The van der Waals surface area contributed by atoms with Crippen LogP contribution in [-0.2, 0) is 0 Å². The molecule has 8 heteroatoms. The van der Waals surface area contributed by atoms with E-state index in [1.54, 1.807) is 42.6 Å². The molecule has 2 N–H and O–H groups in total. The summed E-state index contributed by atoms with van der Waals surface area (Å²) < 4.78 is 0. The summed E-state index contributed by atoms with van der Waals surface area (Å²) in [4.78, 5) is 10.4. The van der Waals surface area contributed by atoms with Crippen LogP contribution in [0, 0.1) is 10.1 Å². The van der Waals surface area contributed by atoms with Gasteiger partial charge in [0.05, 0.1) is 11.1 Å². The quantitative estimate of drug-likeness (QED) is 0.387. The number of rotatable bonds is 4. The fourth-order valence-corrected chi connectivity index (χ4v) is 2.00. The molecule has 0 aliphatic heterocycles. The number of nitro benzene ring substituents is 1. The Kier molecular flexibility index (Phi) is 5.40. The number of hydrogen-bond donors (Lipinski definition) is 2. The van der Waals surface area contributed by atoms with Gasteiger partial charge in [0.2, 0.25) is 0 Å². The SMILES string of the molecule is O=[N+]([O-])c1ccccc1NC(=S)N/N=C\c1cccc(Cl)c1. The van der Waals surface area contributed by atoms with Crippen molar-refractivity contribution in [3.05, 3.63) is 69.2 Å². The lowest BCUT2D eigenvalue weighted by Crippen LogP contribution is -2.24. The van der Waals surface area contributed by atoms with E-state index in [2.05, 4.69) is 15.8 Å². The third-order valence-electron chi connectivity index (χ3n) is 2.58. The fourth-order valence-electron chi connectivity index (χ4n) is 1.64. The Labute approximate surface area is 136 Å². The van der Waals surface area contributed by atoms with Crippen LogP contribution in [0.25, 0.3) is 0 Å². The molecule has 112 valence electrons. The first-order valence-corrected chi connectivity index (χ1v) is 6.94. The van der Waals surface area contributed by atoms with Gasteiger partial charge in [-0.2, -0.15) is 5.10 Å². The van der Waals surface area contributed by atoms with E-state index < -0.39 is 4.92 Å². The van der Waals surface area contributed by atoms with E-state index in [9.17, 15) is 10.1 Å². The van der Waals surface area contributed by atoms with Crippen LogP contribution in [0.3, 0.4) is 0 Å². The molecule has 0 saturated heterocycles. The van der Waals surface area contributed by atoms with Gasteiger partial charge >= 0.3 is 0 Å². The second-order valence-electron chi connectivity index (χ2n) is 4.15. The van der Waals surface area contributed by atoms with Crippen LogP contribution in [0.15, 0.2) is 53.6 Å². The van der Waals surface area contributed by atoms with E-state index in [4.69, 9.17) is 23.8 Å². The molecule has 2 aromatic carbocycles. The average Bonchev–Trinajstić information content (AvgIpc) is 2.47. The van der Waals surface area contributed by atoms with Crippen LogP contribution in [0.2, 0.25) is 5.02 Å². The molecular formula is C14H11ClN4O2S. The van der Waals surface area contributed by atoms with Crippen LogP contribution >= 0.6 is 23.8 Å². The van der Waals surface area contributed by atoms with Crippen LogP contribution in [0.1, 0.15) is 5.56 Å². The van der Waals surface area contributed by atoms with Crippen LogP contribution in [0.5, 0.6) is 0 Å². The maximum absolute atomic E-state index is 10.9. The first kappa shape index (κ1) is 15.9. The summed E-state index contributed by atoms with van der Waals surface area (Å²) in [6.07, 6.45) is 1.54. The molecule has 0 saturated carbocycles. The van der Waals surface area contributed by atoms with Crippen molar-refractivity contribution in [1.82, 2.24) is 5.43 Å². The third-order valence-corrected chi connectivity index (χ3v) is 3.01. The summed E-state index contributed by atoms with van der Waals surface area (Å²) >= 11 is 10.9. The molecule has 0 radical (unpaired) electrons. The topological polar surface area (TPSA) is 79.6 Å². The van der Waals surface area contributed by atoms with Gasteiger partial charge in [-0.05, 0) is 36.0 Å². The molecule has 0 aliphatic carbocycles. The van der Waals surface area contributed by atoms with E-state index in [-0.39, 0.29) is 10.8 Å². The van der Waals surface area contributed by atoms with Crippen LogP contribution in [0.4, 0.5) is 11.4 Å². The summed E-state index contributed by atoms with van der Waals surface area (Å²) in [5.41, 5.74) is 3.62. The van der Waals surface area contributed by atoms with Gasteiger partial charge in [0.25, 0.3) is 5.69 Å². The number of nitro groups is 1. The van der Waals surface area contributed by atoms with Crippen molar-refractivity contribution in [3.63, 3.8) is 0 Å². The molecule has 2 aromatic rings. The Morgan fingerprint density at radius 3 is 2.77 bits per heavy atom. The Balaban J connectivity index is 1.98. The van der Waals surface area contributed by atoms with Gasteiger partial charge < -0.3 is 5.32 Å². The number of halogens is 1. The lowest BCUT2D eigenvalue weighted by molar-refractivity contribution is -0.383. The van der Waals surface area contributed by atoms with Gasteiger partial charge in [0, 0.05) is 11.1 Å². The van der Waals surface area contributed by atoms with E-state index in [1.807, 2.05) is 6.07 Å². The second kappa shape index (κ2) is 7.48. The predicted molar refractivity (Wildman–Crippen MR) is 91.5 cm³/mol. The monoisotopic (exact) mass is 334 g/mol. The van der Waals surface area contributed by atoms with Crippen molar-refractivity contribution >= 4 is 46.5 Å². The van der Waals surface area contributed by atoms with Gasteiger partial charge in [-0.25, -0.2) is 0 Å². The third kappa shape index (κ3) is 4.51. The van der Waals surface area contributed by atoms with Crippen molar-refractivity contribution in [2.24, 2.45) is 5.10 Å². The predicted octanol–water partition coefficient (Wildman–Crippen LogP) is 3.57. The van der Waals surface area contributed by atoms with Gasteiger partial charge in [-0.1, -0.05) is 35.9 Å². The van der Waals surface area contributed by atoms with Gasteiger partial charge in [-0.3, -0.25) is 15.5 Å². The lowest BCUT2D eigenvalue weighted by atomic mass is 10.2. The zero-order valence-electron chi connectivity index (χ0n) is 11.2. The highest BCUT2D eigenvalue weighted by molar-refractivity contribution is 7.80. The fraction of sp³-hybridized carbons (Fsp3) is 0. The highest BCUT2D eigenvalue weighted by atomic mass is 35.5. The average molecular weight is 335 g/mol. The van der Waals surface area contributed by atoms with E-state index in [0.717, 1.165) is 5.56 Å². The van der Waals surface area contributed by atoms with Crippen molar-refractivity contribution in [3.8, 4) is 0 Å². The molecule has 0 bridgehead atoms. The molecule has 2 rings (SSSR count). The number of para-hydroxylation sites is 2. The molecule has 0 amide bonds. The zero-order chi connectivity index (χ0) is 15.9. The summed E-state index contributed by atoms with van der Waals surface area (Å²) in [5, 5.41) is 18.3. The summed E-state index contributed by atoms with van der Waals surface area (Å²) in [6.45, 7) is 0. The van der Waals surface area contributed by atoms with Crippen molar-refractivity contribution in [2.75, 3.05) is 5.32 Å². The van der Waals surface area contributed by atoms with Crippen molar-refractivity contribution < 1.29 is 4.92 Å². The number of hydrogen-bond acceptors (Lipinski definition) is 4. The number of nitrogens with one attached hydrogen (secondary N) is 2. The highest BCUT2D eigenvalue weighted by Crippen LogP contribution is 2.22. The maximum Gasteiger partial charge on any atom is 0.292 e. The Morgan fingerprint density at radius 1 is 1.27 bits per heavy atom. The molecule has 0 aliphatic rings. The summed E-state index contributed by atoms with van der Waals surface area (Å²) in [6, 6.07) is 13.3. The second-order valence-corrected chi connectivity index (χ2v) is 5.00. The normalized spacial score (nSPS) is 10.4. The first-order valence-electron chi connectivity index (χ1n) is 6.15. The molecule has 0 unspecified atom stereocenters. The number of nitrogens with zero attached hydrogens (tertiary/aromatic N) is 2. The number of thiocarbonyl (C=S) groups is 1. The standard InChI is InChI=1S/C14H11ClN4O2S/c15-11-5-3-4-10(8-11)9-16-18-14(22)17-12-6-1-2-7-13(12)19(20)21/h1-9H,(H2,17,18,22)/b16-9-. The summed E-state index contributed by atoms with van der Waals surface area (Å²) in [5.74, 6) is 0. The van der Waals surface area contributed by atoms with E-state index in [1.165, 1.54) is 6.07 Å². The molecule has 0 atom stereocenters. The minimum atomic E-state index is -0.486. The Morgan fingerprint density at radius 2 is 2.05 bits per heavy atom. The largest absolute Gasteiger partial charge is 0.326 e. The Hall–Kier alpha value is -2.51. The smallest absolute Gasteiger partial charge is 0.292 e. The summed E-state index contributed by atoms with van der Waals surface area (Å²) in [7, 11) is 0. The maximum atomic E-state index is 10.9. The molecule has 0 heterocycles. The van der Waals surface area contributed by atoms with Gasteiger partial charge in [0.1, 0.15) is 5.69 Å². The molecular weight excluding hydrogens is 324 g/mol. The van der Waals surface area contributed by atoms with Crippen molar-refractivity contribution in [1.29, 1.82) is 0 Å². The molecule has 0 spiro atoms. The number of benzene rings is 2. The van der Waals surface area contributed by atoms with Gasteiger partial charge in [-0.15, -0.1) is 0 Å². The van der Waals surface area contributed by atoms with E-state index in [0.29, 0.717) is 10.7 Å². The number of anilines is 1. The van der Waals surface area contributed by atoms with Crippen molar-refractivity contribution in [2.45, 2.75) is 0 Å². The Bertz CT molecular complexity index is 736. The lowest BCUT2D eigenvalue weighted by Gasteiger charge is -2.07. The zero-order valence-corrected chi connectivity index (χ0v) is 12.8. The molecule has 0 fully saturated rings.